The fourth-order valence-electron chi connectivity index (χ4n) is 2.40. The van der Waals surface area contributed by atoms with Gasteiger partial charge in [0.2, 0.25) is 0 Å². The predicted octanol–water partition coefficient (Wildman–Crippen LogP) is 4.09. The Morgan fingerprint density at radius 3 is 2.61 bits per heavy atom. The minimum Gasteiger partial charge on any atom is -0.493 e. The molecule has 0 radical (unpaired) electrons. The Morgan fingerprint density at radius 2 is 1.89 bits per heavy atom. The number of halogens is 1. The molecule has 0 saturated carbocycles. The van der Waals surface area contributed by atoms with Gasteiger partial charge in [-0.25, -0.2) is 9.37 Å². The Balaban J connectivity index is 1.68. The van der Waals surface area contributed by atoms with E-state index in [0.717, 1.165) is 5.56 Å². The van der Waals surface area contributed by atoms with Gasteiger partial charge in [-0.1, -0.05) is 12.1 Å². The number of carbonyl (C=O) groups is 1. The third-order valence-electron chi connectivity index (χ3n) is 3.75. The highest BCUT2D eigenvalue weighted by Gasteiger charge is 2.14. The van der Waals surface area contributed by atoms with E-state index in [0.29, 0.717) is 22.3 Å². The van der Waals surface area contributed by atoms with Gasteiger partial charge in [-0.15, -0.1) is 11.3 Å². The molecule has 0 bridgehead atoms. The van der Waals surface area contributed by atoms with Gasteiger partial charge in [0.1, 0.15) is 5.82 Å². The number of amides is 1. The lowest BCUT2D eigenvalue weighted by atomic mass is 10.1. The van der Waals surface area contributed by atoms with E-state index in [9.17, 15) is 9.18 Å². The molecular weight excluding hydrogens is 401 g/mol. The van der Waals surface area contributed by atoms with Crippen LogP contribution < -0.4 is 20.1 Å². The number of methoxy groups -OCH3 is 2. The van der Waals surface area contributed by atoms with Gasteiger partial charge >= 0.3 is 0 Å². The van der Waals surface area contributed by atoms with Gasteiger partial charge in [0.15, 0.2) is 21.7 Å². The summed E-state index contributed by atoms with van der Waals surface area (Å²) >= 11 is 6.43. The molecule has 0 spiro atoms. The van der Waals surface area contributed by atoms with Crippen LogP contribution in [0.4, 0.5) is 9.52 Å². The third-order valence-corrected chi connectivity index (χ3v) is 4.71. The molecule has 0 aliphatic carbocycles. The van der Waals surface area contributed by atoms with Crippen LogP contribution in [-0.2, 0) is 0 Å². The largest absolute Gasteiger partial charge is 0.493 e. The topological polar surface area (TPSA) is 72.5 Å². The SMILES string of the molecule is COc1ccc(-c2csc(NC(=S)NC(=O)c3ccccc3F)n2)cc1OC. The molecule has 1 amide bonds. The molecule has 144 valence electrons. The number of anilines is 1. The molecule has 2 N–H and O–H groups in total. The van der Waals surface area contributed by atoms with E-state index >= 15 is 0 Å². The molecule has 0 aliphatic rings. The number of hydrogen-bond acceptors (Lipinski definition) is 6. The van der Waals surface area contributed by atoms with Crippen molar-refractivity contribution in [1.82, 2.24) is 10.3 Å². The highest BCUT2D eigenvalue weighted by molar-refractivity contribution is 7.80. The number of carbonyl (C=O) groups excluding carboxylic acids is 1. The van der Waals surface area contributed by atoms with Crippen molar-refractivity contribution < 1.29 is 18.7 Å². The van der Waals surface area contributed by atoms with Gasteiger partial charge in [-0.3, -0.25) is 10.1 Å². The van der Waals surface area contributed by atoms with Crippen LogP contribution in [0, 0.1) is 5.82 Å². The molecule has 1 heterocycles. The second kappa shape index (κ2) is 8.77. The zero-order valence-electron chi connectivity index (χ0n) is 15.0. The van der Waals surface area contributed by atoms with Crippen molar-refractivity contribution in [2.24, 2.45) is 0 Å². The first-order valence-corrected chi connectivity index (χ1v) is 9.35. The second-order valence-corrected chi connectivity index (χ2v) is 6.76. The Hall–Kier alpha value is -3.04. The zero-order valence-corrected chi connectivity index (χ0v) is 16.6. The summed E-state index contributed by atoms with van der Waals surface area (Å²) in [7, 11) is 3.13. The number of ether oxygens (including phenoxy) is 2. The van der Waals surface area contributed by atoms with Crippen LogP contribution in [0.3, 0.4) is 0 Å². The van der Waals surface area contributed by atoms with Gasteiger partial charge in [0.05, 0.1) is 25.5 Å². The number of thiocarbonyl (C=S) groups is 1. The molecule has 3 aromatic rings. The Labute approximate surface area is 170 Å². The lowest BCUT2D eigenvalue weighted by Gasteiger charge is -2.08. The molecule has 0 saturated heterocycles. The highest BCUT2D eigenvalue weighted by Crippen LogP contribution is 2.33. The summed E-state index contributed by atoms with van der Waals surface area (Å²) in [5, 5.41) is 7.63. The first-order chi connectivity index (χ1) is 13.5. The Bertz CT molecular complexity index is 1020. The van der Waals surface area contributed by atoms with Crippen molar-refractivity contribution >= 4 is 39.7 Å². The smallest absolute Gasteiger partial charge is 0.260 e. The third kappa shape index (κ3) is 4.44. The number of thiazole rings is 1. The number of benzene rings is 2. The lowest BCUT2D eigenvalue weighted by molar-refractivity contribution is 0.0974. The molecular formula is C19H16FN3O3S2. The van der Waals surface area contributed by atoms with Crippen LogP contribution in [0.25, 0.3) is 11.3 Å². The van der Waals surface area contributed by atoms with Crippen LogP contribution in [0.5, 0.6) is 11.5 Å². The Kier molecular flexibility index (Phi) is 6.17. The summed E-state index contributed by atoms with van der Waals surface area (Å²) in [5.74, 6) is -0.0351. The van der Waals surface area contributed by atoms with E-state index < -0.39 is 11.7 Å². The molecule has 0 fully saturated rings. The van der Waals surface area contributed by atoms with Gasteiger partial charge in [-0.2, -0.15) is 0 Å². The van der Waals surface area contributed by atoms with E-state index in [2.05, 4.69) is 15.6 Å². The van der Waals surface area contributed by atoms with Crippen molar-refractivity contribution in [3.8, 4) is 22.8 Å². The van der Waals surface area contributed by atoms with E-state index in [1.165, 1.54) is 29.5 Å². The maximum Gasteiger partial charge on any atom is 0.260 e. The second-order valence-electron chi connectivity index (χ2n) is 5.50. The van der Waals surface area contributed by atoms with E-state index in [1.54, 1.807) is 26.4 Å². The maximum atomic E-state index is 13.7. The van der Waals surface area contributed by atoms with Gasteiger partial charge < -0.3 is 14.8 Å². The highest BCUT2D eigenvalue weighted by atomic mass is 32.1. The van der Waals surface area contributed by atoms with Crippen LogP contribution >= 0.6 is 23.6 Å². The van der Waals surface area contributed by atoms with Gasteiger partial charge in [0.25, 0.3) is 5.91 Å². The van der Waals surface area contributed by atoms with Crippen molar-refractivity contribution in [3.05, 3.63) is 59.2 Å². The number of nitrogens with one attached hydrogen (secondary N) is 2. The quantitative estimate of drug-likeness (QED) is 0.609. The molecule has 9 heteroatoms. The fourth-order valence-corrected chi connectivity index (χ4v) is 3.38. The first kappa shape index (κ1) is 19.7. The molecule has 2 aromatic carbocycles. The molecule has 1 aromatic heterocycles. The number of nitrogens with zero attached hydrogens (tertiary/aromatic N) is 1. The van der Waals surface area contributed by atoms with E-state index in [-0.39, 0.29) is 10.7 Å². The molecule has 3 rings (SSSR count). The summed E-state index contributed by atoms with van der Waals surface area (Å²) in [4.78, 5) is 16.5. The average Bonchev–Trinajstić information content (AvgIpc) is 3.15. The number of rotatable bonds is 5. The van der Waals surface area contributed by atoms with Gasteiger partial charge in [0, 0.05) is 10.9 Å². The van der Waals surface area contributed by atoms with Gasteiger partial charge in [-0.05, 0) is 42.5 Å². The lowest BCUT2D eigenvalue weighted by Crippen LogP contribution is -2.34. The normalized spacial score (nSPS) is 10.2. The summed E-state index contributed by atoms with van der Waals surface area (Å²) in [6.07, 6.45) is 0. The van der Waals surface area contributed by atoms with Crippen LogP contribution in [0.15, 0.2) is 47.8 Å². The average molecular weight is 417 g/mol. The van der Waals surface area contributed by atoms with Crippen molar-refractivity contribution in [2.75, 3.05) is 19.5 Å². The fraction of sp³-hybridized carbons (Fsp3) is 0.105. The van der Waals surface area contributed by atoms with Crippen LogP contribution in [-0.4, -0.2) is 30.2 Å². The minimum absolute atomic E-state index is 0.0291. The monoisotopic (exact) mass is 417 g/mol. The molecule has 6 nitrogen and oxygen atoms in total. The molecule has 0 atom stereocenters. The number of aromatic nitrogens is 1. The first-order valence-electron chi connectivity index (χ1n) is 8.06. The van der Waals surface area contributed by atoms with Crippen molar-refractivity contribution in [1.29, 1.82) is 0 Å². The minimum atomic E-state index is -0.632. The predicted molar refractivity (Wildman–Crippen MR) is 111 cm³/mol. The Morgan fingerprint density at radius 1 is 1.14 bits per heavy atom. The summed E-state index contributed by atoms with van der Waals surface area (Å²) in [6.45, 7) is 0. The number of hydrogen-bond donors (Lipinski definition) is 2. The molecule has 28 heavy (non-hydrogen) atoms. The molecule has 0 unspecified atom stereocenters. The maximum absolute atomic E-state index is 13.7. The van der Waals surface area contributed by atoms with E-state index in [1.807, 2.05) is 17.5 Å². The summed E-state index contributed by atoms with van der Waals surface area (Å²) in [6, 6.07) is 11.1. The van der Waals surface area contributed by atoms with Crippen LogP contribution in [0.1, 0.15) is 10.4 Å². The van der Waals surface area contributed by atoms with Crippen molar-refractivity contribution in [2.45, 2.75) is 0 Å². The van der Waals surface area contributed by atoms with Crippen LogP contribution in [0.2, 0.25) is 0 Å². The van der Waals surface area contributed by atoms with Crippen molar-refractivity contribution in [3.63, 3.8) is 0 Å². The summed E-state index contributed by atoms with van der Waals surface area (Å²) in [5.41, 5.74) is 1.46. The molecule has 0 aliphatic heterocycles. The summed E-state index contributed by atoms with van der Waals surface area (Å²) < 4.78 is 24.2. The zero-order chi connectivity index (χ0) is 20.1. The van der Waals surface area contributed by atoms with E-state index in [4.69, 9.17) is 21.7 Å². The standard InChI is InChI=1S/C19H16FN3O3S2/c1-25-15-8-7-11(9-16(15)26-2)14-10-28-19(21-14)23-18(27)22-17(24)12-5-3-4-6-13(12)20/h3-10H,1-2H3,(H2,21,22,23,24,27).